The summed E-state index contributed by atoms with van der Waals surface area (Å²) in [6.07, 6.45) is 6.80. The normalized spacial score (nSPS) is 15.4. The monoisotopic (exact) mass is 283 g/mol. The van der Waals surface area contributed by atoms with Gasteiger partial charge in [-0.05, 0) is 35.8 Å². The van der Waals surface area contributed by atoms with Crippen LogP contribution in [0.5, 0.6) is 0 Å². The molecule has 0 saturated heterocycles. The number of hydrogen-bond acceptors (Lipinski definition) is 4. The highest BCUT2D eigenvalue weighted by Crippen LogP contribution is 2.32. The van der Waals surface area contributed by atoms with Crippen LogP contribution in [0.4, 0.5) is 5.69 Å². The highest BCUT2D eigenvalue weighted by molar-refractivity contribution is 5.88. The molecule has 0 unspecified atom stereocenters. The van der Waals surface area contributed by atoms with E-state index in [0.29, 0.717) is 6.42 Å². The van der Waals surface area contributed by atoms with Crippen molar-refractivity contribution in [1.29, 1.82) is 0 Å². The predicted molar refractivity (Wildman–Crippen MR) is 81.7 cm³/mol. The molecule has 0 fully saturated rings. The van der Waals surface area contributed by atoms with E-state index in [9.17, 15) is 4.79 Å². The van der Waals surface area contributed by atoms with E-state index >= 15 is 0 Å². The zero-order chi connectivity index (χ0) is 14.7. The van der Waals surface area contributed by atoms with Gasteiger partial charge in [0.2, 0.25) is 0 Å². The predicted octanol–water partition coefficient (Wildman–Crippen LogP) is 2.48. The molecule has 0 bridgehead atoms. The van der Waals surface area contributed by atoms with Crippen molar-refractivity contribution >= 4 is 23.3 Å². The summed E-state index contributed by atoms with van der Waals surface area (Å²) in [4.78, 5) is 18.5. The van der Waals surface area contributed by atoms with Gasteiger partial charge in [-0.2, -0.15) is 0 Å². The molecule has 5 nitrogen and oxygen atoms in total. The van der Waals surface area contributed by atoms with Crippen molar-refractivity contribution in [2.45, 2.75) is 12.8 Å². The maximum absolute atomic E-state index is 11.4. The molecular weight excluding hydrogens is 266 g/mol. The van der Waals surface area contributed by atoms with Gasteiger partial charge in [0.25, 0.3) is 0 Å². The number of imidazole rings is 1. The van der Waals surface area contributed by atoms with E-state index in [1.54, 1.807) is 12.5 Å². The Morgan fingerprint density at radius 1 is 1.48 bits per heavy atom. The van der Waals surface area contributed by atoms with Crippen molar-refractivity contribution in [1.82, 2.24) is 9.97 Å². The highest BCUT2D eigenvalue weighted by Gasteiger charge is 2.15. The molecule has 0 spiro atoms. The molecule has 2 heterocycles. The fraction of sp³-hybridized carbons (Fsp3) is 0.250. The van der Waals surface area contributed by atoms with Gasteiger partial charge in [-0.3, -0.25) is 4.79 Å². The number of carbonyl (C=O) groups is 1. The average molecular weight is 283 g/mol. The van der Waals surface area contributed by atoms with E-state index in [0.717, 1.165) is 35.5 Å². The van der Waals surface area contributed by atoms with Crippen molar-refractivity contribution in [2.75, 3.05) is 19.0 Å². The zero-order valence-electron chi connectivity index (χ0n) is 11.8. The minimum atomic E-state index is -0.224. The number of esters is 1. The van der Waals surface area contributed by atoms with Crippen LogP contribution in [0, 0.1) is 0 Å². The van der Waals surface area contributed by atoms with Crippen LogP contribution < -0.4 is 5.32 Å². The van der Waals surface area contributed by atoms with Crippen molar-refractivity contribution in [2.24, 2.45) is 0 Å². The van der Waals surface area contributed by atoms with E-state index in [2.05, 4.69) is 27.4 Å². The van der Waals surface area contributed by atoms with E-state index < -0.39 is 0 Å². The molecule has 1 aliphatic rings. The Bertz CT molecular complexity index is 675. The van der Waals surface area contributed by atoms with Crippen molar-refractivity contribution < 1.29 is 9.53 Å². The summed E-state index contributed by atoms with van der Waals surface area (Å²) in [7, 11) is 1.41. The van der Waals surface area contributed by atoms with E-state index in [-0.39, 0.29) is 5.97 Å². The number of rotatable bonds is 3. The number of anilines is 1. The van der Waals surface area contributed by atoms with Gasteiger partial charge in [-0.15, -0.1) is 0 Å². The van der Waals surface area contributed by atoms with Crippen LogP contribution in [0.3, 0.4) is 0 Å². The van der Waals surface area contributed by atoms with Gasteiger partial charge in [0.1, 0.15) is 0 Å². The number of nitrogens with zero attached hydrogens (tertiary/aromatic N) is 1. The Hall–Kier alpha value is -2.56. The minimum absolute atomic E-state index is 0.224. The van der Waals surface area contributed by atoms with Crippen LogP contribution in [-0.2, 0) is 16.0 Å². The summed E-state index contributed by atoms with van der Waals surface area (Å²) >= 11 is 0. The number of nitrogens with one attached hydrogen (secondary N) is 2. The molecule has 108 valence electrons. The molecule has 0 aliphatic carbocycles. The number of hydrogen-bond donors (Lipinski definition) is 2. The molecular formula is C16H17N3O2. The fourth-order valence-corrected chi connectivity index (χ4v) is 2.51. The molecule has 2 N–H and O–H groups in total. The number of fused-ring (bicyclic) bond motifs is 1. The maximum atomic E-state index is 11.4. The van der Waals surface area contributed by atoms with E-state index in [1.165, 1.54) is 12.7 Å². The summed E-state index contributed by atoms with van der Waals surface area (Å²) in [5.74, 6) is -0.224. The molecule has 0 atom stereocenters. The second-order valence-electron chi connectivity index (χ2n) is 4.99. The van der Waals surface area contributed by atoms with Crippen molar-refractivity contribution in [3.63, 3.8) is 0 Å². The first kappa shape index (κ1) is 13.4. The smallest absolute Gasteiger partial charge is 0.309 e. The number of benzene rings is 1. The third-order valence-corrected chi connectivity index (χ3v) is 3.56. The molecule has 1 aliphatic heterocycles. The topological polar surface area (TPSA) is 67.0 Å². The molecule has 1 aromatic carbocycles. The van der Waals surface area contributed by atoms with Gasteiger partial charge in [0.15, 0.2) is 0 Å². The van der Waals surface area contributed by atoms with Crippen LogP contribution in [0.15, 0.2) is 30.7 Å². The first-order chi connectivity index (χ1) is 10.3. The standard InChI is InChI=1S/C16H17N3O2/c1-21-16(20)7-11-2-3-15-14(6-11)12(4-5-18-15)8-13-9-17-10-19-13/h2-3,6,8-10,18H,4-5,7H2,1H3,(H,17,19)/b12-8+. The Balaban J connectivity index is 1.95. The van der Waals surface area contributed by atoms with Crippen LogP contribution in [-0.4, -0.2) is 29.6 Å². The van der Waals surface area contributed by atoms with E-state index in [1.807, 2.05) is 12.1 Å². The highest BCUT2D eigenvalue weighted by atomic mass is 16.5. The lowest BCUT2D eigenvalue weighted by molar-refractivity contribution is -0.139. The van der Waals surface area contributed by atoms with Crippen molar-refractivity contribution in [3.05, 3.63) is 47.5 Å². The van der Waals surface area contributed by atoms with Crippen LogP contribution in [0.25, 0.3) is 11.6 Å². The number of aromatic nitrogens is 2. The molecule has 0 radical (unpaired) electrons. The van der Waals surface area contributed by atoms with Gasteiger partial charge in [0.05, 0.1) is 31.7 Å². The number of ether oxygens (including phenoxy) is 1. The first-order valence-electron chi connectivity index (χ1n) is 6.89. The van der Waals surface area contributed by atoms with Gasteiger partial charge in [-0.1, -0.05) is 6.07 Å². The third-order valence-electron chi connectivity index (χ3n) is 3.56. The van der Waals surface area contributed by atoms with Crippen LogP contribution in [0.1, 0.15) is 23.2 Å². The zero-order valence-corrected chi connectivity index (χ0v) is 11.8. The lowest BCUT2D eigenvalue weighted by Gasteiger charge is -2.21. The Morgan fingerprint density at radius 3 is 3.14 bits per heavy atom. The second kappa shape index (κ2) is 5.83. The van der Waals surface area contributed by atoms with Gasteiger partial charge in [-0.25, -0.2) is 4.98 Å². The SMILES string of the molecule is COC(=O)Cc1ccc2c(c1)/C(=C/c1cnc[nH]1)CCN2. The molecule has 0 saturated carbocycles. The average Bonchev–Trinajstić information content (AvgIpc) is 3.01. The second-order valence-corrected chi connectivity index (χ2v) is 4.99. The Labute approximate surface area is 123 Å². The lowest BCUT2D eigenvalue weighted by atomic mass is 9.94. The number of methoxy groups -OCH3 is 1. The maximum Gasteiger partial charge on any atom is 0.309 e. The van der Waals surface area contributed by atoms with Gasteiger partial charge in [0, 0.05) is 17.8 Å². The molecule has 2 aromatic rings. The summed E-state index contributed by atoms with van der Waals surface area (Å²) in [6, 6.07) is 6.04. The Kier molecular flexibility index (Phi) is 3.73. The molecule has 0 amide bonds. The molecule has 1 aromatic heterocycles. The molecule has 5 heteroatoms. The Morgan fingerprint density at radius 2 is 2.38 bits per heavy atom. The van der Waals surface area contributed by atoms with Crippen molar-refractivity contribution in [3.8, 4) is 0 Å². The van der Waals surface area contributed by atoms with Gasteiger partial charge >= 0.3 is 5.97 Å². The fourth-order valence-electron chi connectivity index (χ4n) is 2.51. The third kappa shape index (κ3) is 2.97. The number of aromatic amines is 1. The minimum Gasteiger partial charge on any atom is -0.469 e. The number of H-pyrrole nitrogens is 1. The van der Waals surface area contributed by atoms with E-state index in [4.69, 9.17) is 4.74 Å². The van der Waals surface area contributed by atoms with Crippen LogP contribution in [0.2, 0.25) is 0 Å². The first-order valence-corrected chi connectivity index (χ1v) is 6.89. The summed E-state index contributed by atoms with van der Waals surface area (Å²) in [5, 5.41) is 3.38. The summed E-state index contributed by atoms with van der Waals surface area (Å²) < 4.78 is 4.73. The molecule has 21 heavy (non-hydrogen) atoms. The quantitative estimate of drug-likeness (QED) is 0.849. The summed E-state index contributed by atoms with van der Waals surface area (Å²) in [5.41, 5.74) is 5.41. The summed E-state index contributed by atoms with van der Waals surface area (Å²) in [6.45, 7) is 0.906. The lowest BCUT2D eigenvalue weighted by Crippen LogP contribution is -2.12. The number of carbonyl (C=O) groups excluding carboxylic acids is 1. The largest absolute Gasteiger partial charge is 0.469 e. The van der Waals surface area contributed by atoms with Crippen LogP contribution >= 0.6 is 0 Å². The van der Waals surface area contributed by atoms with Gasteiger partial charge < -0.3 is 15.0 Å². The molecule has 3 rings (SSSR count).